The Kier molecular flexibility index (Phi) is 5.97. The quantitative estimate of drug-likeness (QED) is 0.616. The Bertz CT molecular complexity index is 942. The average Bonchev–Trinajstić information content (AvgIpc) is 3.11. The van der Waals surface area contributed by atoms with Crippen molar-refractivity contribution in [3.63, 3.8) is 0 Å². The van der Waals surface area contributed by atoms with Crippen LogP contribution in [-0.2, 0) is 5.75 Å². The molecule has 140 valence electrons. The number of nitrogens with one attached hydrogen (secondary N) is 1. The lowest BCUT2D eigenvalue weighted by Gasteiger charge is -2.12. The molecule has 0 radical (unpaired) electrons. The summed E-state index contributed by atoms with van der Waals surface area (Å²) in [6.45, 7) is 1.77. The molecule has 0 fully saturated rings. The van der Waals surface area contributed by atoms with Crippen molar-refractivity contribution in [3.05, 3.63) is 59.7 Å². The number of benzene rings is 2. The molecule has 7 nitrogen and oxygen atoms in total. The highest BCUT2D eigenvalue weighted by Crippen LogP contribution is 2.31. The van der Waals surface area contributed by atoms with E-state index in [2.05, 4.69) is 15.5 Å². The van der Waals surface area contributed by atoms with Gasteiger partial charge in [0, 0.05) is 16.6 Å². The summed E-state index contributed by atoms with van der Waals surface area (Å²) in [6.07, 6.45) is 0. The van der Waals surface area contributed by atoms with Gasteiger partial charge in [-0.1, -0.05) is 17.3 Å². The van der Waals surface area contributed by atoms with Crippen molar-refractivity contribution >= 4 is 23.4 Å². The van der Waals surface area contributed by atoms with Gasteiger partial charge in [0.25, 0.3) is 5.91 Å². The van der Waals surface area contributed by atoms with Gasteiger partial charge < -0.3 is 19.3 Å². The highest BCUT2D eigenvalue weighted by Gasteiger charge is 2.14. The van der Waals surface area contributed by atoms with E-state index in [4.69, 9.17) is 14.0 Å². The molecular weight excluding hydrogens is 366 g/mol. The Balaban J connectivity index is 1.75. The summed E-state index contributed by atoms with van der Waals surface area (Å²) in [5.41, 5.74) is 1.18. The van der Waals surface area contributed by atoms with Crippen molar-refractivity contribution in [2.24, 2.45) is 0 Å². The van der Waals surface area contributed by atoms with Gasteiger partial charge in [0.1, 0.15) is 0 Å². The standard InChI is InChI=1S/C19H19N3O4S/c1-12-20-18(26-22-12)11-27-17-7-5-4-6-14(17)19(23)21-13-8-9-15(24-2)16(10-13)25-3/h4-10H,11H2,1-3H3,(H,21,23). The number of anilines is 1. The van der Waals surface area contributed by atoms with E-state index in [0.717, 1.165) is 4.90 Å². The fourth-order valence-corrected chi connectivity index (χ4v) is 3.32. The van der Waals surface area contributed by atoms with Gasteiger partial charge in [0.2, 0.25) is 5.89 Å². The minimum Gasteiger partial charge on any atom is -0.493 e. The van der Waals surface area contributed by atoms with Gasteiger partial charge in [-0.15, -0.1) is 11.8 Å². The van der Waals surface area contributed by atoms with Crippen LogP contribution in [0.1, 0.15) is 22.1 Å². The van der Waals surface area contributed by atoms with Crippen LogP contribution in [0.5, 0.6) is 11.5 Å². The number of hydrogen-bond donors (Lipinski definition) is 1. The molecule has 1 N–H and O–H groups in total. The molecule has 3 aromatic rings. The van der Waals surface area contributed by atoms with E-state index in [-0.39, 0.29) is 5.91 Å². The molecule has 0 atom stereocenters. The largest absolute Gasteiger partial charge is 0.493 e. The minimum atomic E-state index is -0.216. The van der Waals surface area contributed by atoms with Crippen LogP contribution in [0.3, 0.4) is 0 Å². The second kappa shape index (κ2) is 8.59. The Labute approximate surface area is 161 Å². The van der Waals surface area contributed by atoms with E-state index in [1.54, 1.807) is 45.4 Å². The number of carbonyl (C=O) groups excluding carboxylic acids is 1. The van der Waals surface area contributed by atoms with E-state index in [1.807, 2.05) is 18.2 Å². The number of thioether (sulfide) groups is 1. The third kappa shape index (κ3) is 4.59. The van der Waals surface area contributed by atoms with Crippen LogP contribution in [0.2, 0.25) is 0 Å². The first-order valence-electron chi connectivity index (χ1n) is 8.15. The molecule has 1 amide bonds. The lowest BCUT2D eigenvalue weighted by Crippen LogP contribution is -2.13. The maximum atomic E-state index is 12.8. The molecule has 0 unspecified atom stereocenters. The molecule has 0 saturated carbocycles. The van der Waals surface area contributed by atoms with E-state index < -0.39 is 0 Å². The normalized spacial score (nSPS) is 10.5. The van der Waals surface area contributed by atoms with E-state index in [1.165, 1.54) is 11.8 Å². The highest BCUT2D eigenvalue weighted by molar-refractivity contribution is 7.98. The molecule has 0 aliphatic carbocycles. The van der Waals surface area contributed by atoms with Crippen molar-refractivity contribution in [1.29, 1.82) is 0 Å². The molecule has 0 aliphatic rings. The molecular formula is C19H19N3O4S. The highest BCUT2D eigenvalue weighted by atomic mass is 32.2. The fraction of sp³-hybridized carbons (Fsp3) is 0.211. The number of aryl methyl sites for hydroxylation is 1. The summed E-state index contributed by atoms with van der Waals surface area (Å²) in [4.78, 5) is 17.8. The summed E-state index contributed by atoms with van der Waals surface area (Å²) >= 11 is 1.46. The van der Waals surface area contributed by atoms with Crippen molar-refractivity contribution in [2.75, 3.05) is 19.5 Å². The number of methoxy groups -OCH3 is 2. The van der Waals surface area contributed by atoms with E-state index in [9.17, 15) is 4.79 Å². The average molecular weight is 385 g/mol. The first kappa shape index (κ1) is 18.8. The Morgan fingerprint density at radius 2 is 1.93 bits per heavy atom. The number of nitrogens with zero attached hydrogens (tertiary/aromatic N) is 2. The van der Waals surface area contributed by atoms with Crippen LogP contribution < -0.4 is 14.8 Å². The predicted molar refractivity (Wildman–Crippen MR) is 103 cm³/mol. The molecule has 0 spiro atoms. The number of hydrogen-bond acceptors (Lipinski definition) is 7. The first-order chi connectivity index (χ1) is 13.1. The molecule has 1 heterocycles. The summed E-state index contributed by atoms with van der Waals surface area (Å²) in [7, 11) is 3.11. The third-order valence-electron chi connectivity index (χ3n) is 3.69. The lowest BCUT2D eigenvalue weighted by molar-refractivity contribution is 0.102. The second-order valence-corrected chi connectivity index (χ2v) is 6.56. The van der Waals surface area contributed by atoms with Crippen LogP contribution in [0.25, 0.3) is 0 Å². The minimum absolute atomic E-state index is 0.216. The summed E-state index contributed by atoms with van der Waals surface area (Å²) in [5, 5.41) is 6.66. The van der Waals surface area contributed by atoms with Crippen molar-refractivity contribution < 1.29 is 18.8 Å². The fourth-order valence-electron chi connectivity index (χ4n) is 2.43. The van der Waals surface area contributed by atoms with Crippen LogP contribution in [0.15, 0.2) is 51.9 Å². The van der Waals surface area contributed by atoms with Crippen LogP contribution in [0, 0.1) is 6.92 Å². The second-order valence-electron chi connectivity index (χ2n) is 5.54. The molecule has 3 rings (SSSR count). The van der Waals surface area contributed by atoms with E-state index in [0.29, 0.717) is 40.2 Å². The lowest BCUT2D eigenvalue weighted by atomic mass is 10.2. The number of carbonyl (C=O) groups is 1. The number of ether oxygens (including phenoxy) is 2. The Morgan fingerprint density at radius 3 is 2.63 bits per heavy atom. The van der Waals surface area contributed by atoms with Crippen molar-refractivity contribution in [3.8, 4) is 11.5 Å². The van der Waals surface area contributed by atoms with Crippen molar-refractivity contribution in [2.45, 2.75) is 17.6 Å². The van der Waals surface area contributed by atoms with Gasteiger partial charge in [0.05, 0.1) is 25.5 Å². The van der Waals surface area contributed by atoms with Gasteiger partial charge in [-0.25, -0.2) is 0 Å². The number of amides is 1. The topological polar surface area (TPSA) is 86.5 Å². The van der Waals surface area contributed by atoms with Gasteiger partial charge in [-0.2, -0.15) is 4.98 Å². The summed E-state index contributed by atoms with van der Waals surface area (Å²) < 4.78 is 15.6. The molecule has 0 bridgehead atoms. The first-order valence-corrected chi connectivity index (χ1v) is 9.13. The zero-order valence-corrected chi connectivity index (χ0v) is 16.0. The zero-order valence-electron chi connectivity index (χ0n) is 15.2. The predicted octanol–water partition coefficient (Wildman–Crippen LogP) is 3.94. The monoisotopic (exact) mass is 385 g/mol. The molecule has 0 aliphatic heterocycles. The summed E-state index contributed by atoms with van der Waals surface area (Å²) in [5.74, 6) is 2.53. The maximum absolute atomic E-state index is 12.8. The summed E-state index contributed by atoms with van der Waals surface area (Å²) in [6, 6.07) is 12.6. The smallest absolute Gasteiger partial charge is 0.256 e. The van der Waals surface area contributed by atoms with Gasteiger partial charge in [0.15, 0.2) is 17.3 Å². The van der Waals surface area contributed by atoms with Gasteiger partial charge >= 0.3 is 0 Å². The Morgan fingerprint density at radius 1 is 1.15 bits per heavy atom. The molecule has 0 saturated heterocycles. The van der Waals surface area contributed by atoms with E-state index >= 15 is 0 Å². The van der Waals surface area contributed by atoms with Gasteiger partial charge in [-0.05, 0) is 31.2 Å². The third-order valence-corrected chi connectivity index (χ3v) is 4.75. The molecule has 27 heavy (non-hydrogen) atoms. The van der Waals surface area contributed by atoms with Crippen molar-refractivity contribution in [1.82, 2.24) is 10.1 Å². The van der Waals surface area contributed by atoms with Gasteiger partial charge in [-0.3, -0.25) is 4.79 Å². The molecule has 8 heteroatoms. The molecule has 2 aromatic carbocycles. The number of aromatic nitrogens is 2. The Hall–Kier alpha value is -3.00. The molecule has 1 aromatic heterocycles. The van der Waals surface area contributed by atoms with Crippen LogP contribution in [-0.4, -0.2) is 30.3 Å². The maximum Gasteiger partial charge on any atom is 0.256 e. The number of rotatable bonds is 7. The zero-order chi connectivity index (χ0) is 19.2. The van der Waals surface area contributed by atoms with Crippen LogP contribution >= 0.6 is 11.8 Å². The van der Waals surface area contributed by atoms with Crippen LogP contribution in [0.4, 0.5) is 5.69 Å². The SMILES string of the molecule is COc1ccc(NC(=O)c2ccccc2SCc2nc(C)no2)cc1OC.